The molecule has 2 aromatic rings. The molecule has 4 rings (SSSR count). The summed E-state index contributed by atoms with van der Waals surface area (Å²) in [6.07, 6.45) is -4.70. The molecule has 4 atom stereocenters. The summed E-state index contributed by atoms with van der Waals surface area (Å²) >= 11 is 0. The third kappa shape index (κ3) is 5.26. The van der Waals surface area contributed by atoms with Gasteiger partial charge in [0.15, 0.2) is 5.78 Å². The molecule has 0 amide bonds. The van der Waals surface area contributed by atoms with E-state index in [1.807, 2.05) is 0 Å². The minimum atomic E-state index is -4.77. The third-order valence-corrected chi connectivity index (χ3v) is 7.32. The summed E-state index contributed by atoms with van der Waals surface area (Å²) in [5.74, 6) is -6.67. The van der Waals surface area contributed by atoms with Crippen molar-refractivity contribution in [3.63, 3.8) is 0 Å². The Balaban J connectivity index is 1.97. The minimum Gasteiger partial charge on any atom is -0.496 e. The second kappa shape index (κ2) is 11.7. The Morgan fingerprint density at radius 1 is 0.950 bits per heavy atom. The van der Waals surface area contributed by atoms with Crippen LogP contribution in [0.2, 0.25) is 0 Å². The van der Waals surface area contributed by atoms with Crippen LogP contribution in [0, 0.1) is 11.8 Å². The lowest BCUT2D eigenvalue weighted by Crippen LogP contribution is -2.49. The van der Waals surface area contributed by atoms with Gasteiger partial charge in [-0.15, -0.1) is 0 Å². The standard InChI is InChI=1S/C30H30F3NO6/c1-5-39-28(36)23-16(3)34-21-15-19(17-11-8-10-14-22(17)38-4)25(29(37)40-6-2)27(35)26(21)24(23)18-12-7-9-13-20(18)30(31,32)33/h7-14,19,24-26H,5-6,15H2,1-4H3/t19-,24-,25+,26?/m1/s1. The number of alkyl halides is 3. The Morgan fingerprint density at radius 2 is 1.57 bits per heavy atom. The molecule has 0 radical (unpaired) electrons. The van der Waals surface area contributed by atoms with Crippen molar-refractivity contribution in [3.8, 4) is 5.75 Å². The molecule has 1 fully saturated rings. The Labute approximate surface area is 230 Å². The first-order valence-electron chi connectivity index (χ1n) is 13.0. The highest BCUT2D eigenvalue weighted by atomic mass is 19.4. The second-order valence-corrected chi connectivity index (χ2v) is 9.55. The van der Waals surface area contributed by atoms with Crippen molar-refractivity contribution in [1.82, 2.24) is 0 Å². The van der Waals surface area contributed by atoms with E-state index in [2.05, 4.69) is 4.99 Å². The first-order chi connectivity index (χ1) is 19.0. The molecular formula is C30H30F3NO6. The predicted octanol–water partition coefficient (Wildman–Crippen LogP) is 5.64. The number of aliphatic imine (C=N–C) groups is 1. The van der Waals surface area contributed by atoms with Crippen LogP contribution in [0.25, 0.3) is 0 Å². The summed E-state index contributed by atoms with van der Waals surface area (Å²) < 4.78 is 58.7. The average molecular weight is 558 g/mol. The van der Waals surface area contributed by atoms with Gasteiger partial charge in [0.2, 0.25) is 0 Å². The summed E-state index contributed by atoms with van der Waals surface area (Å²) in [6.45, 7) is 4.66. The van der Waals surface area contributed by atoms with Gasteiger partial charge in [-0.3, -0.25) is 14.6 Å². The Hall–Kier alpha value is -3.95. The van der Waals surface area contributed by atoms with Crippen LogP contribution in [0.15, 0.2) is 64.8 Å². The van der Waals surface area contributed by atoms with E-state index in [-0.39, 0.29) is 42.2 Å². The van der Waals surface area contributed by atoms with E-state index < -0.39 is 53.1 Å². The highest BCUT2D eigenvalue weighted by Gasteiger charge is 2.54. The average Bonchev–Trinajstić information content (AvgIpc) is 2.91. The molecule has 0 bridgehead atoms. The van der Waals surface area contributed by atoms with Crippen molar-refractivity contribution < 1.29 is 41.8 Å². The van der Waals surface area contributed by atoms with Gasteiger partial charge in [-0.1, -0.05) is 36.4 Å². The van der Waals surface area contributed by atoms with Crippen LogP contribution in [-0.4, -0.2) is 43.8 Å². The molecule has 1 saturated carbocycles. The van der Waals surface area contributed by atoms with Crippen LogP contribution in [0.1, 0.15) is 55.7 Å². The third-order valence-electron chi connectivity index (χ3n) is 7.32. The molecule has 40 heavy (non-hydrogen) atoms. The van der Waals surface area contributed by atoms with Gasteiger partial charge in [0.25, 0.3) is 0 Å². The van der Waals surface area contributed by atoms with E-state index in [0.717, 1.165) is 6.07 Å². The van der Waals surface area contributed by atoms with Gasteiger partial charge in [-0.2, -0.15) is 13.2 Å². The number of rotatable bonds is 7. The van der Waals surface area contributed by atoms with E-state index in [1.54, 1.807) is 38.1 Å². The fraction of sp³-hybridized carbons (Fsp3) is 0.400. The van der Waals surface area contributed by atoms with E-state index in [9.17, 15) is 27.6 Å². The Bertz CT molecular complexity index is 1380. The van der Waals surface area contributed by atoms with E-state index in [0.29, 0.717) is 11.3 Å². The first kappa shape index (κ1) is 29.0. The maximum Gasteiger partial charge on any atom is 0.416 e. The minimum absolute atomic E-state index is 0.000291. The number of esters is 2. The van der Waals surface area contributed by atoms with E-state index in [1.165, 1.54) is 32.2 Å². The van der Waals surface area contributed by atoms with Crippen LogP contribution >= 0.6 is 0 Å². The number of methoxy groups -OCH3 is 1. The number of carbonyl (C=O) groups is 3. The molecule has 1 unspecified atom stereocenters. The molecule has 10 heteroatoms. The van der Waals surface area contributed by atoms with Gasteiger partial charge in [0.05, 0.1) is 37.4 Å². The molecule has 0 spiro atoms. The molecule has 1 heterocycles. The summed E-state index contributed by atoms with van der Waals surface area (Å²) in [4.78, 5) is 45.4. The Kier molecular flexibility index (Phi) is 8.46. The topological polar surface area (TPSA) is 91.3 Å². The number of Topliss-reactive ketones (excluding diaryl/α,β-unsaturated/α-hetero) is 1. The highest BCUT2D eigenvalue weighted by Crippen LogP contribution is 2.51. The van der Waals surface area contributed by atoms with Gasteiger partial charge in [0.1, 0.15) is 11.7 Å². The molecule has 2 aromatic carbocycles. The number of para-hydroxylation sites is 1. The molecule has 7 nitrogen and oxygen atoms in total. The number of ketones is 1. The van der Waals surface area contributed by atoms with E-state index in [4.69, 9.17) is 14.2 Å². The number of carbonyl (C=O) groups excluding carboxylic acids is 3. The van der Waals surface area contributed by atoms with E-state index >= 15 is 0 Å². The molecule has 1 aliphatic carbocycles. The van der Waals surface area contributed by atoms with Crippen molar-refractivity contribution in [3.05, 3.63) is 76.5 Å². The quantitative estimate of drug-likeness (QED) is 0.323. The number of halogens is 3. The normalized spacial score (nSPS) is 22.8. The van der Waals surface area contributed by atoms with Crippen LogP contribution in [0.4, 0.5) is 13.2 Å². The number of nitrogens with zero attached hydrogens (tertiary/aromatic N) is 1. The molecule has 2 aliphatic rings. The number of ether oxygens (including phenoxy) is 3. The van der Waals surface area contributed by atoms with Crippen molar-refractivity contribution in [1.29, 1.82) is 0 Å². The highest BCUT2D eigenvalue weighted by molar-refractivity contribution is 6.18. The van der Waals surface area contributed by atoms with Crippen molar-refractivity contribution in [2.45, 2.75) is 45.2 Å². The number of hydrogen-bond acceptors (Lipinski definition) is 7. The molecule has 0 saturated heterocycles. The molecule has 0 aromatic heterocycles. The monoisotopic (exact) mass is 557 g/mol. The summed E-state index contributed by atoms with van der Waals surface area (Å²) in [5.41, 5.74) is -0.367. The van der Waals surface area contributed by atoms with Crippen molar-refractivity contribution in [2.75, 3.05) is 20.3 Å². The van der Waals surface area contributed by atoms with Crippen LogP contribution in [0.5, 0.6) is 5.75 Å². The zero-order chi connectivity index (χ0) is 29.2. The zero-order valence-electron chi connectivity index (χ0n) is 22.6. The molecule has 212 valence electrons. The lowest BCUT2D eigenvalue weighted by Gasteiger charge is -2.41. The van der Waals surface area contributed by atoms with Gasteiger partial charge >= 0.3 is 18.1 Å². The number of hydrogen-bond donors (Lipinski definition) is 0. The number of allylic oxidation sites excluding steroid dienone is 1. The largest absolute Gasteiger partial charge is 0.496 e. The second-order valence-electron chi connectivity index (χ2n) is 9.55. The van der Waals surface area contributed by atoms with Gasteiger partial charge in [-0.05, 0) is 50.5 Å². The summed E-state index contributed by atoms with van der Waals surface area (Å²) in [6, 6.07) is 11.7. The summed E-state index contributed by atoms with van der Waals surface area (Å²) in [5, 5.41) is 0. The van der Waals surface area contributed by atoms with Crippen LogP contribution in [0.3, 0.4) is 0 Å². The summed E-state index contributed by atoms with van der Waals surface area (Å²) in [7, 11) is 1.46. The van der Waals surface area contributed by atoms with Crippen molar-refractivity contribution in [2.24, 2.45) is 16.8 Å². The van der Waals surface area contributed by atoms with Crippen LogP contribution in [-0.2, 0) is 30.0 Å². The fourth-order valence-corrected chi connectivity index (χ4v) is 5.78. The Morgan fingerprint density at radius 3 is 2.20 bits per heavy atom. The SMILES string of the molecule is CCOC(=O)C1=C(C)N=C2C[C@H](c3ccccc3OC)[C@H](C(=O)OCC)C(=O)C2[C@@H]1c1ccccc1C(F)(F)F. The van der Waals surface area contributed by atoms with Gasteiger partial charge in [-0.25, -0.2) is 4.79 Å². The lowest BCUT2D eigenvalue weighted by atomic mass is 9.61. The maximum atomic E-state index is 14.4. The lowest BCUT2D eigenvalue weighted by molar-refractivity contribution is -0.154. The first-order valence-corrected chi connectivity index (χ1v) is 13.0. The van der Waals surface area contributed by atoms with Gasteiger partial charge < -0.3 is 14.2 Å². The maximum absolute atomic E-state index is 14.4. The van der Waals surface area contributed by atoms with Gasteiger partial charge in [0, 0.05) is 23.2 Å². The fourth-order valence-electron chi connectivity index (χ4n) is 5.78. The smallest absolute Gasteiger partial charge is 0.416 e. The number of benzene rings is 2. The zero-order valence-corrected chi connectivity index (χ0v) is 22.6. The van der Waals surface area contributed by atoms with Crippen LogP contribution < -0.4 is 4.74 Å². The predicted molar refractivity (Wildman–Crippen MR) is 140 cm³/mol. The molecular weight excluding hydrogens is 527 g/mol. The molecule has 1 aliphatic heterocycles. The molecule has 0 N–H and O–H groups in total. The number of fused-ring (bicyclic) bond motifs is 1. The van der Waals surface area contributed by atoms with Crippen molar-refractivity contribution >= 4 is 23.4 Å².